The van der Waals surface area contributed by atoms with Crippen molar-refractivity contribution in [1.29, 1.82) is 0 Å². The smallest absolute Gasteiger partial charge is 0.177 e. The molecule has 0 radical (unpaired) electrons. The van der Waals surface area contributed by atoms with Gasteiger partial charge in [0.25, 0.3) is 0 Å². The fourth-order valence-electron chi connectivity index (χ4n) is 9.32. The average molecular weight is 1050 g/mol. The molecule has 17 heteroatoms. The second-order valence-electron chi connectivity index (χ2n) is 17.3. The maximum absolute atomic E-state index is 9.47. The van der Waals surface area contributed by atoms with Crippen LogP contribution in [0.2, 0.25) is 0 Å². The summed E-state index contributed by atoms with van der Waals surface area (Å²) in [4.78, 5) is 55.0. The lowest BCUT2D eigenvalue weighted by atomic mass is 9.65. The van der Waals surface area contributed by atoms with E-state index in [1.165, 1.54) is 24.2 Å². The SMILES string of the molecule is Cc1cnc2nc(C3(c4ccc5c(n4)CCCN5)CCC3)[nH]c2c1.Cc1cnc2nc(C3(c4ccc5c(n4)CCCN5c4ccnc(C)n4)CCC3)[nH]c2c1.Cc1nccc(Br)n1.FI. The summed E-state index contributed by atoms with van der Waals surface area (Å²) in [5, 5.41) is 3.45. The Morgan fingerprint density at radius 1 is 0.615 bits per heavy atom. The third-order valence-corrected chi connectivity index (χ3v) is 13.4. The fraction of sp³-hybridized carbons (Fsp3) is 0.375. The third kappa shape index (κ3) is 9.05. The van der Waals surface area contributed by atoms with Crippen LogP contribution in [0.3, 0.4) is 0 Å². The molecule has 10 heterocycles. The number of anilines is 3. The van der Waals surface area contributed by atoms with Crippen molar-refractivity contribution in [2.45, 2.75) is 103 Å². The van der Waals surface area contributed by atoms with Crippen LogP contribution in [0.4, 0.5) is 20.1 Å². The number of nitrogens with zero attached hydrogens (tertiary/aromatic N) is 11. The first-order valence-electron chi connectivity index (χ1n) is 22.2. The standard InChI is InChI=1S/C24H25N7.C19H21N5.C5H5BrN2.FI/c1-15-13-18-22(26-14-15)30-23(29-18)24(9-4-10-24)20-7-6-19-17(28-20)5-3-12-31(19)21-8-11-25-16(2)27-21;1-12-10-15-17(21-11-12)24-18(23-15)19(7-3-8-19)16-6-5-13-14(22-16)4-2-9-20-13;1-4-7-3-2-5(6)8-4;1-2/h6-8,11,13-14H,3-5,9-10,12H2,1-2H3,(H,26,29,30);5-6,10-11,20H,2-4,7-9H2,1H3,(H,21,23,24);2-3H,1H3;. The van der Waals surface area contributed by atoms with Crippen LogP contribution < -0.4 is 10.2 Å². The van der Waals surface area contributed by atoms with Gasteiger partial charge in [-0.05, 0) is 155 Å². The molecule has 334 valence electrons. The number of rotatable bonds is 5. The number of pyridine rings is 4. The Balaban J connectivity index is 0.000000139. The molecule has 65 heavy (non-hydrogen) atoms. The molecule has 8 aromatic heterocycles. The predicted octanol–water partition coefficient (Wildman–Crippen LogP) is 10.7. The van der Waals surface area contributed by atoms with Gasteiger partial charge < -0.3 is 20.2 Å². The largest absolute Gasteiger partial charge is 0.384 e. The molecule has 4 aliphatic rings. The maximum Gasteiger partial charge on any atom is 0.177 e. The van der Waals surface area contributed by atoms with Gasteiger partial charge >= 0.3 is 0 Å². The van der Waals surface area contributed by atoms with Crippen molar-refractivity contribution < 1.29 is 2.86 Å². The maximum atomic E-state index is 9.47. The van der Waals surface area contributed by atoms with Crippen molar-refractivity contribution in [2.75, 3.05) is 23.3 Å². The van der Waals surface area contributed by atoms with E-state index in [0.717, 1.165) is 154 Å². The molecule has 0 unspecified atom stereocenters. The van der Waals surface area contributed by atoms with Gasteiger partial charge in [-0.1, -0.05) is 12.8 Å². The molecule has 0 saturated heterocycles. The van der Waals surface area contributed by atoms with Gasteiger partial charge in [0.05, 0.1) is 56.0 Å². The van der Waals surface area contributed by atoms with E-state index in [9.17, 15) is 2.86 Å². The molecular formula is C48H51BrFIN14. The normalized spacial score (nSPS) is 16.4. The summed E-state index contributed by atoms with van der Waals surface area (Å²) in [6, 6.07) is 16.8. The van der Waals surface area contributed by atoms with E-state index in [0.29, 0.717) is 23.2 Å². The molecule has 2 aliphatic carbocycles. The second kappa shape index (κ2) is 19.1. The van der Waals surface area contributed by atoms with Crippen LogP contribution in [-0.4, -0.2) is 72.9 Å². The van der Waals surface area contributed by atoms with E-state index in [-0.39, 0.29) is 10.8 Å². The Kier molecular flexibility index (Phi) is 13.1. The molecule has 0 amide bonds. The van der Waals surface area contributed by atoms with Gasteiger partial charge in [-0.2, -0.15) is 2.86 Å². The predicted molar refractivity (Wildman–Crippen MR) is 263 cm³/mol. The molecule has 0 spiro atoms. The van der Waals surface area contributed by atoms with Crippen LogP contribution in [0.1, 0.15) is 109 Å². The van der Waals surface area contributed by atoms with Gasteiger partial charge in [0.15, 0.2) is 34.5 Å². The number of aromatic amines is 2. The number of hydrogen-bond acceptors (Lipinski definition) is 12. The molecule has 8 aromatic rings. The summed E-state index contributed by atoms with van der Waals surface area (Å²) in [6.07, 6.45) is 18.3. The number of hydrogen-bond donors (Lipinski definition) is 3. The molecule has 3 N–H and O–H groups in total. The van der Waals surface area contributed by atoms with Crippen molar-refractivity contribution in [3.63, 3.8) is 0 Å². The van der Waals surface area contributed by atoms with Crippen molar-refractivity contribution in [3.8, 4) is 0 Å². The van der Waals surface area contributed by atoms with Crippen LogP contribution in [0.5, 0.6) is 0 Å². The highest BCUT2D eigenvalue weighted by Gasteiger charge is 2.46. The fourth-order valence-corrected chi connectivity index (χ4v) is 9.70. The number of nitrogens with one attached hydrogen (secondary N) is 3. The number of fused-ring (bicyclic) bond motifs is 4. The highest BCUT2D eigenvalue weighted by molar-refractivity contribution is 14.1. The minimum absolute atomic E-state index is 0.0684. The van der Waals surface area contributed by atoms with Gasteiger partial charge in [-0.25, -0.2) is 39.9 Å². The molecule has 2 aliphatic heterocycles. The molecule has 14 nitrogen and oxygen atoms in total. The van der Waals surface area contributed by atoms with Crippen LogP contribution in [0.25, 0.3) is 22.3 Å². The monoisotopic (exact) mass is 1050 g/mol. The average Bonchev–Trinajstić information content (AvgIpc) is 3.90. The number of imidazole rings is 2. The molecule has 12 rings (SSSR count). The number of H-pyrrole nitrogens is 2. The topological polar surface area (TPSA) is 176 Å². The Morgan fingerprint density at radius 2 is 1.18 bits per heavy atom. The van der Waals surface area contributed by atoms with Gasteiger partial charge in [-0.15, -0.1) is 0 Å². The molecule has 2 fully saturated rings. The van der Waals surface area contributed by atoms with Crippen LogP contribution in [0, 0.1) is 27.7 Å². The summed E-state index contributed by atoms with van der Waals surface area (Å²) in [5.41, 5.74) is 12.7. The van der Waals surface area contributed by atoms with Gasteiger partial charge in [0, 0.05) is 37.9 Å². The summed E-state index contributed by atoms with van der Waals surface area (Å²) in [6.45, 7) is 9.90. The molecule has 0 atom stereocenters. The third-order valence-electron chi connectivity index (χ3n) is 12.9. The summed E-state index contributed by atoms with van der Waals surface area (Å²) >= 11 is 3.86. The lowest BCUT2D eigenvalue weighted by Gasteiger charge is -2.40. The van der Waals surface area contributed by atoms with E-state index in [4.69, 9.17) is 19.9 Å². The second-order valence-corrected chi connectivity index (χ2v) is 18.1. The zero-order valence-corrected chi connectivity index (χ0v) is 40.7. The molecule has 0 aromatic carbocycles. The van der Waals surface area contributed by atoms with Crippen LogP contribution >= 0.6 is 39.1 Å². The zero-order valence-electron chi connectivity index (χ0n) is 37.0. The summed E-state index contributed by atoms with van der Waals surface area (Å²) in [5.74, 6) is 4.55. The highest BCUT2D eigenvalue weighted by atomic mass is 127. The van der Waals surface area contributed by atoms with Crippen LogP contribution in [0.15, 0.2) is 77.9 Å². The van der Waals surface area contributed by atoms with E-state index in [2.05, 4.69) is 116 Å². The quantitative estimate of drug-likeness (QED) is 0.110. The Hall–Kier alpha value is -5.56. The first kappa shape index (κ1) is 44.6. The van der Waals surface area contributed by atoms with E-state index in [1.54, 1.807) is 12.3 Å². The minimum Gasteiger partial charge on any atom is -0.384 e. The Labute approximate surface area is 400 Å². The van der Waals surface area contributed by atoms with E-state index >= 15 is 0 Å². The van der Waals surface area contributed by atoms with Crippen molar-refractivity contribution >= 4 is 78.6 Å². The van der Waals surface area contributed by atoms with Crippen molar-refractivity contribution in [1.82, 2.24) is 59.8 Å². The molecule has 2 saturated carbocycles. The van der Waals surface area contributed by atoms with Gasteiger partial charge in [0.1, 0.15) is 33.7 Å². The van der Waals surface area contributed by atoms with Gasteiger partial charge in [-0.3, -0.25) is 9.97 Å². The highest BCUT2D eigenvalue weighted by Crippen LogP contribution is 2.49. The summed E-state index contributed by atoms with van der Waals surface area (Å²) in [7, 11) is 0. The number of halogens is 3. The molecule has 0 bridgehead atoms. The Morgan fingerprint density at radius 3 is 1.74 bits per heavy atom. The first-order chi connectivity index (χ1) is 31.7. The number of aromatic nitrogens is 12. The lowest BCUT2D eigenvalue weighted by molar-refractivity contribution is 0.279. The van der Waals surface area contributed by atoms with Crippen LogP contribution in [-0.2, 0) is 23.7 Å². The Bertz CT molecular complexity index is 2950. The lowest BCUT2D eigenvalue weighted by Crippen LogP contribution is -2.38. The first-order valence-corrected chi connectivity index (χ1v) is 23.8. The number of aryl methyl sites for hydroxylation is 6. The minimum atomic E-state index is -0.141. The van der Waals surface area contributed by atoms with Gasteiger partial charge in [0.2, 0.25) is 0 Å². The van der Waals surface area contributed by atoms with Crippen molar-refractivity contribution in [2.24, 2.45) is 0 Å². The summed E-state index contributed by atoms with van der Waals surface area (Å²) < 4.78 is 10.3. The van der Waals surface area contributed by atoms with Crippen molar-refractivity contribution in [3.05, 3.63) is 135 Å². The molecular weight excluding hydrogens is 998 g/mol. The van der Waals surface area contributed by atoms with E-state index in [1.807, 2.05) is 38.5 Å². The van der Waals surface area contributed by atoms with E-state index < -0.39 is 0 Å². The zero-order chi connectivity index (χ0) is 45.1.